The Balaban J connectivity index is 1.36. The lowest BCUT2D eigenvalue weighted by molar-refractivity contribution is -0.116. The fraction of sp³-hybridized carbons (Fsp3) is 0.333. The summed E-state index contributed by atoms with van der Waals surface area (Å²) < 4.78 is 18.1. The van der Waals surface area contributed by atoms with Gasteiger partial charge in [-0.25, -0.2) is 0 Å². The summed E-state index contributed by atoms with van der Waals surface area (Å²) in [5.74, 6) is 1.90. The first-order valence-corrected chi connectivity index (χ1v) is 14.5. The number of benzene rings is 2. The standard InChI is InChI=1S/C30H32ClN5O4S/c1-18-19(2)41-30-27(18)28(21-5-7-22(31)8-6-21)33-25(29-35-34-20(3)36(29)30)17-26(37)32-23-9-11-24(12-10-23)40-16-15-39-14-13-38-4/h5-12,25H,13-17H2,1-4H3,(H,32,37). The molecule has 0 bridgehead atoms. The van der Waals surface area contributed by atoms with Gasteiger partial charge in [0.2, 0.25) is 5.91 Å². The van der Waals surface area contributed by atoms with Gasteiger partial charge in [0.05, 0.1) is 32.0 Å². The van der Waals surface area contributed by atoms with Crippen molar-refractivity contribution >= 4 is 40.2 Å². The first kappa shape index (κ1) is 28.9. The molecule has 0 saturated carbocycles. The molecule has 0 fully saturated rings. The molecule has 1 atom stereocenters. The van der Waals surface area contributed by atoms with E-state index in [0.717, 1.165) is 33.2 Å². The first-order chi connectivity index (χ1) is 19.9. The molecule has 0 spiro atoms. The second-order valence-corrected chi connectivity index (χ2v) is 11.3. The molecule has 5 rings (SSSR count). The van der Waals surface area contributed by atoms with Crippen LogP contribution < -0.4 is 10.1 Å². The minimum atomic E-state index is -0.540. The third-order valence-corrected chi connectivity index (χ3v) is 8.25. The zero-order valence-corrected chi connectivity index (χ0v) is 25.0. The van der Waals surface area contributed by atoms with Gasteiger partial charge < -0.3 is 19.5 Å². The molecule has 1 N–H and O–H groups in total. The SMILES string of the molecule is COCCOCCOc1ccc(NC(=O)CC2N=C(c3ccc(Cl)cc3)c3c(sc(C)c3C)-n3c(C)nnc32)cc1. The number of nitrogens with one attached hydrogen (secondary N) is 1. The lowest BCUT2D eigenvalue weighted by Gasteiger charge is -2.13. The number of rotatable bonds is 11. The average molecular weight is 594 g/mol. The highest BCUT2D eigenvalue weighted by atomic mass is 35.5. The molecule has 0 saturated heterocycles. The van der Waals surface area contributed by atoms with Gasteiger partial charge in [-0.1, -0.05) is 23.7 Å². The van der Waals surface area contributed by atoms with Gasteiger partial charge in [0.1, 0.15) is 29.2 Å². The quantitative estimate of drug-likeness (QED) is 0.218. The molecule has 0 aliphatic carbocycles. The summed E-state index contributed by atoms with van der Waals surface area (Å²) in [5, 5.41) is 13.5. The molecule has 11 heteroatoms. The van der Waals surface area contributed by atoms with Crippen molar-refractivity contribution in [3.8, 4) is 10.8 Å². The normalized spacial score (nSPS) is 14.2. The summed E-state index contributed by atoms with van der Waals surface area (Å²) in [6.07, 6.45) is 0.0965. The fourth-order valence-electron chi connectivity index (χ4n) is 4.62. The maximum Gasteiger partial charge on any atom is 0.227 e. The number of aryl methyl sites for hydroxylation is 2. The van der Waals surface area contributed by atoms with Crippen LogP contribution in [0.4, 0.5) is 5.69 Å². The van der Waals surface area contributed by atoms with E-state index < -0.39 is 6.04 Å². The Morgan fingerprint density at radius 3 is 2.46 bits per heavy atom. The molecule has 9 nitrogen and oxygen atoms in total. The number of ether oxygens (including phenoxy) is 3. The highest BCUT2D eigenvalue weighted by molar-refractivity contribution is 7.15. The van der Waals surface area contributed by atoms with Crippen LogP contribution in [-0.2, 0) is 14.3 Å². The van der Waals surface area contributed by atoms with E-state index in [9.17, 15) is 4.79 Å². The van der Waals surface area contributed by atoms with Crippen LogP contribution in [0.2, 0.25) is 5.02 Å². The van der Waals surface area contributed by atoms with Crippen molar-refractivity contribution in [2.75, 3.05) is 38.9 Å². The number of thiophene rings is 1. The lowest BCUT2D eigenvalue weighted by Crippen LogP contribution is -2.17. The van der Waals surface area contributed by atoms with E-state index in [1.165, 1.54) is 4.88 Å². The van der Waals surface area contributed by atoms with Crippen molar-refractivity contribution in [1.82, 2.24) is 14.8 Å². The topological polar surface area (TPSA) is 99.9 Å². The smallest absolute Gasteiger partial charge is 0.227 e. The number of hydrogen-bond donors (Lipinski definition) is 1. The summed E-state index contributed by atoms with van der Waals surface area (Å²) >= 11 is 7.88. The number of hydrogen-bond acceptors (Lipinski definition) is 8. The van der Waals surface area contributed by atoms with E-state index >= 15 is 0 Å². The van der Waals surface area contributed by atoms with Gasteiger partial charge in [-0.05, 0) is 62.7 Å². The highest BCUT2D eigenvalue weighted by Crippen LogP contribution is 2.39. The van der Waals surface area contributed by atoms with Crippen LogP contribution in [0.1, 0.15) is 45.7 Å². The first-order valence-electron chi connectivity index (χ1n) is 13.3. The predicted molar refractivity (Wildman–Crippen MR) is 161 cm³/mol. The van der Waals surface area contributed by atoms with E-state index in [4.69, 9.17) is 30.8 Å². The van der Waals surface area contributed by atoms with Gasteiger partial charge >= 0.3 is 0 Å². The van der Waals surface area contributed by atoms with Crippen LogP contribution in [0, 0.1) is 20.8 Å². The van der Waals surface area contributed by atoms with E-state index in [0.29, 0.717) is 48.7 Å². The molecule has 4 aromatic rings. The number of aliphatic imine (C=N–C) groups is 1. The summed E-state index contributed by atoms with van der Waals surface area (Å²) in [6.45, 7) is 8.10. The van der Waals surface area contributed by atoms with Gasteiger partial charge in [0.15, 0.2) is 5.82 Å². The van der Waals surface area contributed by atoms with Crippen molar-refractivity contribution in [1.29, 1.82) is 0 Å². The number of carbonyl (C=O) groups is 1. The minimum Gasteiger partial charge on any atom is -0.491 e. The Hall–Kier alpha value is -3.57. The Bertz CT molecular complexity index is 1550. The van der Waals surface area contributed by atoms with Crippen molar-refractivity contribution in [2.24, 2.45) is 4.99 Å². The molecule has 1 unspecified atom stereocenters. The molecular weight excluding hydrogens is 562 g/mol. The summed E-state index contributed by atoms with van der Waals surface area (Å²) in [6, 6.07) is 14.3. The Morgan fingerprint density at radius 2 is 1.73 bits per heavy atom. The van der Waals surface area contributed by atoms with Crippen molar-refractivity contribution < 1.29 is 19.0 Å². The second-order valence-electron chi connectivity index (χ2n) is 9.63. The number of aromatic nitrogens is 3. The van der Waals surface area contributed by atoms with Crippen molar-refractivity contribution in [3.05, 3.63) is 86.8 Å². The molecule has 3 heterocycles. The van der Waals surface area contributed by atoms with Crippen LogP contribution in [0.5, 0.6) is 5.75 Å². The van der Waals surface area contributed by atoms with E-state index in [2.05, 4.69) is 29.4 Å². The van der Waals surface area contributed by atoms with Crippen LogP contribution >= 0.6 is 22.9 Å². The van der Waals surface area contributed by atoms with Crippen LogP contribution in [0.25, 0.3) is 5.00 Å². The molecular formula is C30H32ClN5O4S. The number of halogens is 1. The maximum absolute atomic E-state index is 13.3. The molecule has 214 valence electrons. The van der Waals surface area contributed by atoms with Crippen LogP contribution in [-0.4, -0.2) is 59.9 Å². The zero-order chi connectivity index (χ0) is 28.9. The molecule has 2 aromatic carbocycles. The Morgan fingerprint density at radius 1 is 1.00 bits per heavy atom. The number of anilines is 1. The molecule has 41 heavy (non-hydrogen) atoms. The summed E-state index contributed by atoms with van der Waals surface area (Å²) in [7, 11) is 1.64. The molecule has 1 amide bonds. The van der Waals surface area contributed by atoms with Crippen molar-refractivity contribution in [2.45, 2.75) is 33.2 Å². The molecule has 2 aromatic heterocycles. The number of amides is 1. The summed E-state index contributed by atoms with van der Waals surface area (Å²) in [5.41, 5.74) is 4.58. The van der Waals surface area contributed by atoms with Gasteiger partial charge in [0.25, 0.3) is 0 Å². The van der Waals surface area contributed by atoms with Gasteiger partial charge in [-0.2, -0.15) is 0 Å². The molecule has 1 aliphatic rings. The van der Waals surface area contributed by atoms with E-state index in [-0.39, 0.29) is 12.3 Å². The average Bonchev–Trinajstić information content (AvgIpc) is 3.44. The summed E-state index contributed by atoms with van der Waals surface area (Å²) in [4.78, 5) is 19.7. The highest BCUT2D eigenvalue weighted by Gasteiger charge is 2.32. The number of nitrogens with zero attached hydrogens (tertiary/aromatic N) is 4. The zero-order valence-electron chi connectivity index (χ0n) is 23.4. The van der Waals surface area contributed by atoms with Crippen LogP contribution in [0.15, 0.2) is 53.5 Å². The number of carbonyl (C=O) groups excluding carboxylic acids is 1. The Kier molecular flexibility index (Phi) is 9.14. The van der Waals surface area contributed by atoms with E-state index in [1.807, 2.05) is 60.0 Å². The predicted octanol–water partition coefficient (Wildman–Crippen LogP) is 5.87. The number of methoxy groups -OCH3 is 1. The lowest BCUT2D eigenvalue weighted by atomic mass is 9.99. The minimum absolute atomic E-state index is 0.0965. The second kappa shape index (κ2) is 12.9. The number of fused-ring (bicyclic) bond motifs is 3. The fourth-order valence-corrected chi connectivity index (χ4v) is 5.96. The van der Waals surface area contributed by atoms with Gasteiger partial charge in [-0.3, -0.25) is 14.4 Å². The van der Waals surface area contributed by atoms with Gasteiger partial charge in [-0.15, -0.1) is 21.5 Å². The van der Waals surface area contributed by atoms with Gasteiger partial charge in [0, 0.05) is 33.8 Å². The maximum atomic E-state index is 13.3. The monoisotopic (exact) mass is 593 g/mol. The van der Waals surface area contributed by atoms with Crippen LogP contribution in [0.3, 0.4) is 0 Å². The third-order valence-electron chi connectivity index (χ3n) is 6.80. The van der Waals surface area contributed by atoms with E-state index in [1.54, 1.807) is 18.4 Å². The molecule has 0 radical (unpaired) electrons. The Labute approximate surface area is 248 Å². The third kappa shape index (κ3) is 6.51. The molecule has 1 aliphatic heterocycles. The largest absolute Gasteiger partial charge is 0.491 e. The van der Waals surface area contributed by atoms with Crippen molar-refractivity contribution in [3.63, 3.8) is 0 Å².